The number of ether oxygens (including phenoxy) is 1. The number of methoxy groups -OCH3 is 1. The van der Waals surface area contributed by atoms with Gasteiger partial charge in [0.1, 0.15) is 5.75 Å². The number of nitrogens with zero attached hydrogens (tertiary/aromatic N) is 1. The average Bonchev–Trinajstić information content (AvgIpc) is 2.66. The van der Waals surface area contributed by atoms with E-state index in [2.05, 4.69) is 32.7 Å². The molecule has 0 fully saturated rings. The largest absolute Gasteiger partial charge is 2.00 e. The molecular formula is C20H29NO6SSn. The van der Waals surface area contributed by atoms with Crippen LogP contribution in [-0.4, -0.2) is 61.2 Å². The van der Waals surface area contributed by atoms with Crippen LogP contribution >= 0.6 is 0 Å². The second-order valence-electron chi connectivity index (χ2n) is 5.43. The minimum atomic E-state index is -3.92. The van der Waals surface area contributed by atoms with E-state index in [0.717, 1.165) is 18.2 Å². The van der Waals surface area contributed by atoms with Crippen molar-refractivity contribution in [3.8, 4) is 5.75 Å². The van der Waals surface area contributed by atoms with Gasteiger partial charge in [0.15, 0.2) is 0 Å². The van der Waals surface area contributed by atoms with Crippen LogP contribution in [0.3, 0.4) is 0 Å². The Kier molecular flexibility index (Phi) is 20.7. The molecule has 1 heterocycles. The van der Waals surface area contributed by atoms with E-state index in [1.165, 1.54) is 26.0 Å². The maximum absolute atomic E-state index is 10.7. The van der Waals surface area contributed by atoms with Gasteiger partial charge in [-0.05, 0) is 12.1 Å². The van der Waals surface area contributed by atoms with Crippen LogP contribution in [-0.2, 0) is 10.1 Å². The van der Waals surface area contributed by atoms with E-state index in [0.29, 0.717) is 17.5 Å². The Hall–Kier alpha value is -1.39. The second-order valence-corrected chi connectivity index (χ2v) is 6.83. The van der Waals surface area contributed by atoms with Gasteiger partial charge in [-0.3, -0.25) is 0 Å². The van der Waals surface area contributed by atoms with Crippen molar-refractivity contribution in [1.82, 2.24) is 4.98 Å². The number of rotatable bonds is 4. The van der Waals surface area contributed by atoms with Crippen molar-refractivity contribution in [1.29, 1.82) is 0 Å². The van der Waals surface area contributed by atoms with E-state index in [9.17, 15) is 9.90 Å². The van der Waals surface area contributed by atoms with E-state index in [1.807, 2.05) is 12.1 Å². The number of hydrogen-bond donors (Lipinski definition) is 0. The van der Waals surface area contributed by atoms with E-state index in [1.54, 1.807) is 12.1 Å². The fourth-order valence-electron chi connectivity index (χ4n) is 1.42. The van der Waals surface area contributed by atoms with Gasteiger partial charge in [0, 0.05) is 17.7 Å². The summed E-state index contributed by atoms with van der Waals surface area (Å²) >= 11 is 0. The molecule has 7 nitrogen and oxygen atoms in total. The van der Waals surface area contributed by atoms with E-state index < -0.39 is 16.1 Å². The molecule has 0 saturated heterocycles. The van der Waals surface area contributed by atoms with Crippen LogP contribution in [0.5, 0.6) is 5.75 Å². The quantitative estimate of drug-likeness (QED) is 0.441. The predicted octanol–water partition coefficient (Wildman–Crippen LogP) is 2.63. The van der Waals surface area contributed by atoms with Crippen molar-refractivity contribution in [2.24, 2.45) is 0 Å². The van der Waals surface area contributed by atoms with Crippen molar-refractivity contribution in [3.63, 3.8) is 0 Å². The molecule has 0 aliphatic rings. The molecule has 1 aromatic carbocycles. The van der Waals surface area contributed by atoms with Gasteiger partial charge in [0.05, 0.1) is 34.4 Å². The Balaban J connectivity index is -0.000000403. The number of hydrogen-bond acceptors (Lipinski definition) is 7. The summed E-state index contributed by atoms with van der Waals surface area (Å²) in [6.45, 7) is 11.4. The van der Waals surface area contributed by atoms with Gasteiger partial charge >= 0.3 is 23.9 Å². The summed E-state index contributed by atoms with van der Waals surface area (Å²) in [6.07, 6.45) is 5.16. The molecule has 2 aromatic rings. The number of carboxylic acid groups (broad SMARTS) is 1. The Bertz CT molecular complexity index is 781. The molecule has 1 aromatic heterocycles. The second kappa shape index (κ2) is 18.6. The number of para-hydroxylation sites is 1. The molecule has 0 saturated carbocycles. The summed E-state index contributed by atoms with van der Waals surface area (Å²) in [7, 11) is -2.43. The molecule has 0 atom stereocenters. The van der Waals surface area contributed by atoms with Crippen LogP contribution < -0.4 is 9.84 Å². The SMILES string of the molecule is COc1cc(C(=O)[O-])nc2ccccc12.CS(=O)(=O)[O-].[CH2]CCC.[CH2]CCC.[Sn+2]. The summed E-state index contributed by atoms with van der Waals surface area (Å²) in [5.41, 5.74) is 0.460. The van der Waals surface area contributed by atoms with Gasteiger partial charge in [0.2, 0.25) is 0 Å². The Morgan fingerprint density at radius 3 is 1.90 bits per heavy atom. The molecule has 0 N–H and O–H groups in total. The molecular weight excluding hydrogens is 501 g/mol. The third-order valence-electron chi connectivity index (χ3n) is 2.81. The van der Waals surface area contributed by atoms with Gasteiger partial charge in [0.25, 0.3) is 0 Å². The molecule has 29 heavy (non-hydrogen) atoms. The van der Waals surface area contributed by atoms with Crippen molar-refractivity contribution in [3.05, 3.63) is 49.9 Å². The van der Waals surface area contributed by atoms with E-state index in [-0.39, 0.29) is 29.6 Å². The first kappa shape index (κ1) is 32.3. The summed E-state index contributed by atoms with van der Waals surface area (Å²) in [5.74, 6) is -0.821. The maximum atomic E-state index is 10.7. The zero-order valence-corrected chi connectivity index (χ0v) is 21.1. The molecule has 0 unspecified atom stereocenters. The molecule has 0 aliphatic carbocycles. The number of carbonyl (C=O) groups is 1. The first-order chi connectivity index (χ1) is 13.0. The minimum absolute atomic E-state index is 0. The first-order valence-corrected chi connectivity index (χ1v) is 10.5. The number of fused-ring (bicyclic) bond motifs is 1. The van der Waals surface area contributed by atoms with Crippen molar-refractivity contribution >= 4 is 50.9 Å². The Morgan fingerprint density at radius 1 is 1.14 bits per heavy atom. The van der Waals surface area contributed by atoms with Crippen LogP contribution in [0.25, 0.3) is 10.9 Å². The average molecular weight is 530 g/mol. The number of benzene rings is 1. The number of pyridine rings is 1. The van der Waals surface area contributed by atoms with Gasteiger partial charge < -0.3 is 19.2 Å². The van der Waals surface area contributed by atoms with Gasteiger partial charge in [-0.25, -0.2) is 13.4 Å². The molecule has 4 radical (unpaired) electrons. The summed E-state index contributed by atoms with van der Waals surface area (Å²) in [6, 6.07) is 8.53. The van der Waals surface area contributed by atoms with Crippen LogP contribution in [0.1, 0.15) is 50.0 Å². The van der Waals surface area contributed by atoms with Gasteiger partial charge in [-0.15, -0.1) is 0 Å². The van der Waals surface area contributed by atoms with E-state index >= 15 is 0 Å². The van der Waals surface area contributed by atoms with Crippen LogP contribution in [0.2, 0.25) is 0 Å². The van der Waals surface area contributed by atoms with Crippen molar-refractivity contribution in [2.75, 3.05) is 13.4 Å². The smallest absolute Gasteiger partial charge is 0.748 e. The maximum Gasteiger partial charge on any atom is 2.00 e. The number of aromatic carboxylic acids is 1. The number of carboxylic acids is 1. The van der Waals surface area contributed by atoms with Crippen molar-refractivity contribution in [2.45, 2.75) is 39.5 Å². The molecule has 160 valence electrons. The summed E-state index contributed by atoms with van der Waals surface area (Å²) in [4.78, 5) is 14.6. The zero-order valence-electron chi connectivity index (χ0n) is 17.4. The fourth-order valence-corrected chi connectivity index (χ4v) is 1.42. The van der Waals surface area contributed by atoms with Gasteiger partial charge in [-0.1, -0.05) is 65.5 Å². The predicted molar refractivity (Wildman–Crippen MR) is 115 cm³/mol. The molecule has 9 heteroatoms. The third-order valence-corrected chi connectivity index (χ3v) is 2.81. The van der Waals surface area contributed by atoms with Crippen molar-refractivity contribution < 1.29 is 27.6 Å². The molecule has 0 spiro atoms. The topological polar surface area (TPSA) is 119 Å². The number of unbranched alkanes of at least 4 members (excludes halogenated alkanes) is 2. The fraction of sp³-hybridized carbons (Fsp3) is 0.400. The minimum Gasteiger partial charge on any atom is -0.748 e. The molecule has 0 aliphatic heterocycles. The monoisotopic (exact) mass is 531 g/mol. The Labute approximate surface area is 191 Å². The molecule has 2 rings (SSSR count). The van der Waals surface area contributed by atoms with Crippen LogP contribution in [0.4, 0.5) is 0 Å². The van der Waals surface area contributed by atoms with E-state index in [4.69, 9.17) is 17.7 Å². The Morgan fingerprint density at radius 2 is 1.55 bits per heavy atom. The normalized spacial score (nSPS) is 9.34. The number of carbonyl (C=O) groups excluding carboxylic acids is 1. The van der Waals surface area contributed by atoms with Crippen LogP contribution in [0.15, 0.2) is 30.3 Å². The summed E-state index contributed by atoms with van der Waals surface area (Å²) < 4.78 is 32.3. The molecule has 0 amide bonds. The van der Waals surface area contributed by atoms with Crippen LogP contribution in [0, 0.1) is 13.8 Å². The third kappa shape index (κ3) is 18.4. The van der Waals surface area contributed by atoms with Gasteiger partial charge in [-0.2, -0.15) is 0 Å². The zero-order chi connectivity index (χ0) is 22.2. The molecule has 0 bridgehead atoms. The standard InChI is InChI=1S/C11H9NO3.2C4H9.CH4O3S.Sn/c1-15-10-6-9(11(13)14)12-8-5-3-2-4-7(8)10;2*1-3-4-2;1-5(2,3)4;/h2-6H,1H3,(H,13,14);2*1,3-4H2,2H3;1H3,(H,2,3,4);/q;;;;+2/p-2. The first-order valence-electron chi connectivity index (χ1n) is 8.69. The number of aromatic nitrogens is 1. The summed E-state index contributed by atoms with van der Waals surface area (Å²) in [5, 5.41) is 11.5.